The van der Waals surface area contributed by atoms with Gasteiger partial charge in [-0.15, -0.1) is 0 Å². The number of benzene rings is 1. The topological polar surface area (TPSA) is 50.4 Å². The van der Waals surface area contributed by atoms with Crippen LogP contribution in [0.15, 0.2) is 22.7 Å². The number of aryl methyl sites for hydroxylation is 1. The Morgan fingerprint density at radius 3 is 3.17 bits per heavy atom. The molecule has 2 rings (SSSR count). The first kappa shape index (κ1) is 13.5. The van der Waals surface area contributed by atoms with Crippen molar-refractivity contribution in [2.45, 2.75) is 13.0 Å². The van der Waals surface area contributed by atoms with E-state index in [0.29, 0.717) is 18.7 Å². The van der Waals surface area contributed by atoms with E-state index in [0.717, 1.165) is 23.2 Å². The minimum atomic E-state index is -0.0406. The van der Waals surface area contributed by atoms with Gasteiger partial charge in [0, 0.05) is 29.2 Å². The van der Waals surface area contributed by atoms with E-state index in [-0.39, 0.29) is 11.9 Å². The molecular weight excluding hydrogens is 296 g/mol. The van der Waals surface area contributed by atoms with Crippen LogP contribution in [0.4, 0.5) is 0 Å². The number of morpholine rings is 1. The maximum atomic E-state index is 12.1. The molecule has 0 bridgehead atoms. The molecule has 0 radical (unpaired) electrons. The first-order valence-corrected chi connectivity index (χ1v) is 6.81. The molecule has 1 aromatic rings. The highest BCUT2D eigenvalue weighted by molar-refractivity contribution is 9.10. The Hall–Kier alpha value is -0.910. The van der Waals surface area contributed by atoms with Crippen molar-refractivity contribution in [3.05, 3.63) is 33.8 Å². The summed E-state index contributed by atoms with van der Waals surface area (Å²) in [6.07, 6.45) is 0. The molecule has 2 N–H and O–H groups in total. The summed E-state index contributed by atoms with van der Waals surface area (Å²) < 4.78 is 6.26. The van der Waals surface area contributed by atoms with Gasteiger partial charge in [-0.1, -0.05) is 22.0 Å². The Labute approximate surface area is 115 Å². The molecule has 0 aliphatic carbocycles. The molecule has 1 saturated heterocycles. The van der Waals surface area contributed by atoms with Crippen LogP contribution in [0.3, 0.4) is 0 Å². The van der Waals surface area contributed by atoms with Crippen LogP contribution in [0.1, 0.15) is 15.9 Å². The van der Waals surface area contributed by atoms with Crippen LogP contribution in [-0.4, -0.2) is 38.3 Å². The van der Waals surface area contributed by atoms with Crippen molar-refractivity contribution in [2.75, 3.05) is 26.3 Å². The lowest BCUT2D eigenvalue weighted by Gasteiger charge is -2.24. The number of carbonyl (C=O) groups excluding carboxylic acids is 1. The van der Waals surface area contributed by atoms with Crippen LogP contribution < -0.4 is 10.6 Å². The fourth-order valence-corrected chi connectivity index (χ4v) is 2.26. The summed E-state index contributed by atoms with van der Waals surface area (Å²) in [6, 6.07) is 5.91. The van der Waals surface area contributed by atoms with Gasteiger partial charge in [0.15, 0.2) is 0 Å². The smallest absolute Gasteiger partial charge is 0.251 e. The zero-order chi connectivity index (χ0) is 13.0. The summed E-state index contributed by atoms with van der Waals surface area (Å²) in [6.45, 7) is 4.76. The fourth-order valence-electron chi connectivity index (χ4n) is 1.90. The number of hydrogen-bond acceptors (Lipinski definition) is 3. The molecule has 1 amide bonds. The van der Waals surface area contributed by atoms with Crippen LogP contribution in [-0.2, 0) is 4.74 Å². The molecule has 1 aliphatic rings. The zero-order valence-corrected chi connectivity index (χ0v) is 11.9. The Morgan fingerprint density at radius 2 is 2.44 bits per heavy atom. The normalized spacial score (nSPS) is 19.6. The summed E-state index contributed by atoms with van der Waals surface area (Å²) >= 11 is 3.38. The molecule has 1 aromatic carbocycles. The SMILES string of the molecule is Cc1ccc(Br)cc1C(=O)NCC1COCCN1. The lowest BCUT2D eigenvalue weighted by Crippen LogP contribution is -2.48. The highest BCUT2D eigenvalue weighted by atomic mass is 79.9. The minimum Gasteiger partial charge on any atom is -0.378 e. The first-order valence-electron chi connectivity index (χ1n) is 6.02. The van der Waals surface area contributed by atoms with E-state index in [1.165, 1.54) is 0 Å². The molecule has 0 saturated carbocycles. The van der Waals surface area contributed by atoms with E-state index < -0.39 is 0 Å². The average Bonchev–Trinajstić information content (AvgIpc) is 2.40. The van der Waals surface area contributed by atoms with Crippen molar-refractivity contribution in [3.8, 4) is 0 Å². The van der Waals surface area contributed by atoms with Crippen molar-refractivity contribution >= 4 is 21.8 Å². The molecule has 1 fully saturated rings. The summed E-state index contributed by atoms with van der Waals surface area (Å²) in [7, 11) is 0. The highest BCUT2D eigenvalue weighted by Gasteiger charge is 2.15. The molecule has 1 atom stereocenters. The monoisotopic (exact) mass is 312 g/mol. The van der Waals surface area contributed by atoms with E-state index in [1.54, 1.807) is 0 Å². The van der Waals surface area contributed by atoms with Gasteiger partial charge in [0.2, 0.25) is 0 Å². The average molecular weight is 313 g/mol. The second-order valence-corrected chi connectivity index (χ2v) is 5.31. The summed E-state index contributed by atoms with van der Waals surface area (Å²) in [5.74, 6) is -0.0406. The second-order valence-electron chi connectivity index (χ2n) is 4.40. The number of hydrogen-bond donors (Lipinski definition) is 2. The molecule has 1 aliphatic heterocycles. The molecule has 1 unspecified atom stereocenters. The summed E-state index contributed by atoms with van der Waals surface area (Å²) in [5.41, 5.74) is 1.68. The third-order valence-electron chi connectivity index (χ3n) is 2.95. The molecule has 1 heterocycles. The lowest BCUT2D eigenvalue weighted by atomic mass is 10.1. The lowest BCUT2D eigenvalue weighted by molar-refractivity contribution is 0.0734. The van der Waals surface area contributed by atoms with Crippen LogP contribution in [0.5, 0.6) is 0 Å². The van der Waals surface area contributed by atoms with Gasteiger partial charge in [-0.25, -0.2) is 0 Å². The largest absolute Gasteiger partial charge is 0.378 e. The molecule has 0 aromatic heterocycles. The highest BCUT2D eigenvalue weighted by Crippen LogP contribution is 2.15. The Balaban J connectivity index is 1.92. The zero-order valence-electron chi connectivity index (χ0n) is 10.3. The van der Waals surface area contributed by atoms with E-state index in [4.69, 9.17) is 4.74 Å². The molecule has 4 nitrogen and oxygen atoms in total. The number of rotatable bonds is 3. The van der Waals surface area contributed by atoms with Gasteiger partial charge in [-0.2, -0.15) is 0 Å². The van der Waals surface area contributed by atoms with Crippen molar-refractivity contribution in [1.29, 1.82) is 0 Å². The van der Waals surface area contributed by atoms with Crippen LogP contribution in [0.25, 0.3) is 0 Å². The van der Waals surface area contributed by atoms with Crippen molar-refractivity contribution in [1.82, 2.24) is 10.6 Å². The van der Waals surface area contributed by atoms with Crippen LogP contribution in [0, 0.1) is 6.92 Å². The third kappa shape index (κ3) is 3.54. The van der Waals surface area contributed by atoms with Gasteiger partial charge >= 0.3 is 0 Å². The van der Waals surface area contributed by atoms with Gasteiger partial charge in [0.05, 0.1) is 13.2 Å². The predicted molar refractivity (Wildman–Crippen MR) is 73.8 cm³/mol. The molecule has 98 valence electrons. The van der Waals surface area contributed by atoms with Crippen molar-refractivity contribution < 1.29 is 9.53 Å². The van der Waals surface area contributed by atoms with E-state index >= 15 is 0 Å². The quantitative estimate of drug-likeness (QED) is 0.889. The second kappa shape index (κ2) is 6.31. The van der Waals surface area contributed by atoms with Crippen molar-refractivity contribution in [3.63, 3.8) is 0 Å². The molecule has 0 spiro atoms. The molecule has 18 heavy (non-hydrogen) atoms. The Morgan fingerprint density at radius 1 is 1.61 bits per heavy atom. The Kier molecular flexibility index (Phi) is 4.74. The first-order chi connectivity index (χ1) is 8.66. The van der Waals surface area contributed by atoms with Gasteiger partial charge in [0.25, 0.3) is 5.91 Å². The van der Waals surface area contributed by atoms with Crippen LogP contribution >= 0.6 is 15.9 Å². The van der Waals surface area contributed by atoms with Crippen LogP contribution in [0.2, 0.25) is 0 Å². The van der Waals surface area contributed by atoms with E-state index in [2.05, 4.69) is 26.6 Å². The van der Waals surface area contributed by atoms with E-state index in [9.17, 15) is 4.79 Å². The fraction of sp³-hybridized carbons (Fsp3) is 0.462. The summed E-state index contributed by atoms with van der Waals surface area (Å²) in [5, 5.41) is 6.24. The van der Waals surface area contributed by atoms with Gasteiger partial charge in [-0.3, -0.25) is 4.79 Å². The van der Waals surface area contributed by atoms with Gasteiger partial charge in [-0.05, 0) is 24.6 Å². The molecular formula is C13H17BrN2O2. The number of amides is 1. The standard InChI is InChI=1S/C13H17BrN2O2/c1-9-2-3-10(14)6-12(9)13(17)16-7-11-8-18-5-4-15-11/h2-3,6,11,15H,4-5,7-8H2,1H3,(H,16,17). The van der Waals surface area contributed by atoms with Gasteiger partial charge < -0.3 is 15.4 Å². The maximum Gasteiger partial charge on any atom is 0.251 e. The number of nitrogens with one attached hydrogen (secondary N) is 2. The molecule has 5 heteroatoms. The number of ether oxygens (including phenoxy) is 1. The maximum absolute atomic E-state index is 12.1. The number of halogens is 1. The number of carbonyl (C=O) groups is 1. The van der Waals surface area contributed by atoms with Gasteiger partial charge in [0.1, 0.15) is 0 Å². The van der Waals surface area contributed by atoms with E-state index in [1.807, 2.05) is 25.1 Å². The minimum absolute atomic E-state index is 0.0406. The predicted octanol–water partition coefficient (Wildman–Crippen LogP) is 1.48. The summed E-state index contributed by atoms with van der Waals surface area (Å²) in [4.78, 5) is 12.1. The Bertz CT molecular complexity index is 431. The van der Waals surface area contributed by atoms with Crippen molar-refractivity contribution in [2.24, 2.45) is 0 Å². The third-order valence-corrected chi connectivity index (χ3v) is 3.44.